The van der Waals surface area contributed by atoms with Crippen molar-refractivity contribution in [1.29, 1.82) is 0 Å². The number of nitrogens with one attached hydrogen (secondary N) is 1. The number of carbonyl (C=O) groups is 1. The van der Waals surface area contributed by atoms with Crippen molar-refractivity contribution in [2.75, 3.05) is 38.8 Å². The molecule has 0 bridgehead atoms. The topological polar surface area (TPSA) is 50.8 Å². The van der Waals surface area contributed by atoms with E-state index in [1.54, 1.807) is 0 Å². The Labute approximate surface area is 157 Å². The summed E-state index contributed by atoms with van der Waals surface area (Å²) < 4.78 is 11.5. The number of hydrogen-bond acceptors (Lipinski definition) is 4. The lowest BCUT2D eigenvalue weighted by molar-refractivity contribution is -0.125. The Morgan fingerprint density at radius 2 is 2.04 bits per heavy atom. The second kappa shape index (κ2) is 10.3. The summed E-state index contributed by atoms with van der Waals surface area (Å²) in [5.74, 6) is 0.0491. The molecule has 26 heavy (non-hydrogen) atoms. The number of aryl methyl sites for hydroxylation is 1. The van der Waals surface area contributed by atoms with Crippen molar-refractivity contribution in [3.63, 3.8) is 0 Å². The molecule has 0 aromatic heterocycles. The lowest BCUT2D eigenvalue weighted by Gasteiger charge is -2.32. The molecule has 1 aliphatic rings. The number of rotatable bonds is 8. The van der Waals surface area contributed by atoms with Gasteiger partial charge in [-0.2, -0.15) is 0 Å². The lowest BCUT2D eigenvalue weighted by atomic mass is 10.1. The summed E-state index contributed by atoms with van der Waals surface area (Å²) >= 11 is 0. The van der Waals surface area contributed by atoms with Crippen molar-refractivity contribution >= 4 is 11.6 Å². The summed E-state index contributed by atoms with van der Waals surface area (Å²) in [5, 5.41) is 3.09. The van der Waals surface area contributed by atoms with Gasteiger partial charge in [0.25, 0.3) is 0 Å². The van der Waals surface area contributed by atoms with Crippen LogP contribution in [0.1, 0.15) is 32.3 Å². The summed E-state index contributed by atoms with van der Waals surface area (Å²) in [5.41, 5.74) is 3.56. The number of carbonyl (C=O) groups excluding carboxylic acids is 1. The first-order valence-electron chi connectivity index (χ1n) is 9.34. The van der Waals surface area contributed by atoms with Crippen LogP contribution in [0, 0.1) is 0 Å². The van der Waals surface area contributed by atoms with Gasteiger partial charge in [-0.3, -0.25) is 4.79 Å². The summed E-state index contributed by atoms with van der Waals surface area (Å²) in [6.07, 6.45) is 4.09. The van der Waals surface area contributed by atoms with E-state index < -0.39 is 0 Å². The molecule has 5 nitrogen and oxygen atoms in total. The van der Waals surface area contributed by atoms with Gasteiger partial charge in [-0.25, -0.2) is 0 Å². The third-order valence-corrected chi connectivity index (χ3v) is 4.53. The SMILES string of the molecule is CC(C)=CCO[C@H]1CCOC[C@H]1NC(=O)CCc1ccc(N(C)C)cc1. The second-order valence-corrected chi connectivity index (χ2v) is 7.25. The van der Waals surface area contributed by atoms with Crippen LogP contribution in [0.25, 0.3) is 0 Å². The van der Waals surface area contributed by atoms with E-state index in [1.165, 1.54) is 11.1 Å². The van der Waals surface area contributed by atoms with Gasteiger partial charge >= 0.3 is 0 Å². The largest absolute Gasteiger partial charge is 0.379 e. The fourth-order valence-electron chi connectivity index (χ4n) is 2.89. The first-order valence-corrected chi connectivity index (χ1v) is 9.34. The molecule has 0 unspecified atom stereocenters. The van der Waals surface area contributed by atoms with Crippen LogP contribution in [0.4, 0.5) is 5.69 Å². The molecule has 2 rings (SSSR count). The zero-order valence-electron chi connectivity index (χ0n) is 16.5. The van der Waals surface area contributed by atoms with E-state index in [0.29, 0.717) is 26.2 Å². The van der Waals surface area contributed by atoms with Gasteiger partial charge in [0.05, 0.1) is 25.4 Å². The summed E-state index contributed by atoms with van der Waals surface area (Å²) in [6.45, 7) is 5.89. The predicted molar refractivity (Wildman–Crippen MR) is 106 cm³/mol. The van der Waals surface area contributed by atoms with E-state index in [2.05, 4.69) is 54.4 Å². The van der Waals surface area contributed by atoms with Gasteiger partial charge in [0.15, 0.2) is 0 Å². The van der Waals surface area contributed by atoms with Crippen molar-refractivity contribution in [2.24, 2.45) is 0 Å². The number of anilines is 1. The normalized spacial score (nSPS) is 19.7. The molecule has 1 fully saturated rings. The average Bonchev–Trinajstić information content (AvgIpc) is 2.61. The molecular formula is C21H32N2O3. The molecule has 1 amide bonds. The fourth-order valence-corrected chi connectivity index (χ4v) is 2.89. The highest BCUT2D eigenvalue weighted by Gasteiger charge is 2.27. The molecular weight excluding hydrogens is 328 g/mol. The maximum Gasteiger partial charge on any atom is 0.220 e. The number of nitrogens with zero attached hydrogens (tertiary/aromatic N) is 1. The number of allylic oxidation sites excluding steroid dienone is 1. The molecule has 0 radical (unpaired) electrons. The molecule has 1 aromatic carbocycles. The molecule has 1 aliphatic heterocycles. The van der Waals surface area contributed by atoms with E-state index >= 15 is 0 Å². The number of hydrogen-bond donors (Lipinski definition) is 1. The molecule has 1 heterocycles. The van der Waals surface area contributed by atoms with E-state index in [1.807, 2.05) is 14.1 Å². The maximum atomic E-state index is 12.3. The highest BCUT2D eigenvalue weighted by atomic mass is 16.5. The minimum atomic E-state index is -0.0714. The molecule has 144 valence electrons. The molecule has 2 atom stereocenters. The van der Waals surface area contributed by atoms with Crippen LogP contribution < -0.4 is 10.2 Å². The Kier molecular flexibility index (Phi) is 8.13. The fraction of sp³-hybridized carbons (Fsp3) is 0.571. The molecule has 5 heteroatoms. The van der Waals surface area contributed by atoms with Crippen molar-refractivity contribution in [2.45, 2.75) is 45.3 Å². The van der Waals surface area contributed by atoms with Gasteiger partial charge in [-0.1, -0.05) is 23.8 Å². The zero-order chi connectivity index (χ0) is 18.9. The first-order chi connectivity index (χ1) is 12.5. The molecule has 1 saturated heterocycles. The zero-order valence-corrected chi connectivity index (χ0v) is 16.5. The molecule has 0 saturated carbocycles. The van der Waals surface area contributed by atoms with Crippen LogP contribution >= 0.6 is 0 Å². The summed E-state index contributed by atoms with van der Waals surface area (Å²) in [4.78, 5) is 14.4. The van der Waals surface area contributed by atoms with Crippen molar-refractivity contribution in [3.8, 4) is 0 Å². The Bertz CT molecular complexity index is 592. The van der Waals surface area contributed by atoms with Gasteiger partial charge in [0, 0.05) is 32.8 Å². The van der Waals surface area contributed by atoms with Gasteiger partial charge in [-0.05, 0) is 44.4 Å². The smallest absolute Gasteiger partial charge is 0.220 e. The van der Waals surface area contributed by atoms with E-state index in [-0.39, 0.29) is 18.1 Å². The lowest BCUT2D eigenvalue weighted by Crippen LogP contribution is -2.50. The number of ether oxygens (including phenoxy) is 2. The van der Waals surface area contributed by atoms with E-state index in [0.717, 1.165) is 18.5 Å². The third-order valence-electron chi connectivity index (χ3n) is 4.53. The highest BCUT2D eigenvalue weighted by molar-refractivity contribution is 5.76. The number of amides is 1. The van der Waals surface area contributed by atoms with Gasteiger partial charge in [0.1, 0.15) is 0 Å². The van der Waals surface area contributed by atoms with Gasteiger partial charge in [-0.15, -0.1) is 0 Å². The van der Waals surface area contributed by atoms with Gasteiger partial charge < -0.3 is 19.7 Å². The standard InChI is InChI=1S/C21H32N2O3/c1-16(2)11-14-26-20-12-13-25-15-19(20)22-21(24)10-7-17-5-8-18(9-6-17)23(3)4/h5-6,8-9,11,19-20H,7,10,12-15H2,1-4H3,(H,22,24)/t19-,20+/m1/s1. The molecule has 1 N–H and O–H groups in total. The van der Waals surface area contributed by atoms with Gasteiger partial charge in [0.2, 0.25) is 5.91 Å². The Morgan fingerprint density at radius 3 is 2.69 bits per heavy atom. The highest BCUT2D eigenvalue weighted by Crippen LogP contribution is 2.15. The van der Waals surface area contributed by atoms with Crippen LogP contribution in [0.3, 0.4) is 0 Å². The second-order valence-electron chi connectivity index (χ2n) is 7.25. The predicted octanol–water partition coefficient (Wildman–Crippen LogP) is 2.94. The van der Waals surface area contributed by atoms with E-state index in [9.17, 15) is 4.79 Å². The first kappa shape index (κ1) is 20.5. The van der Waals surface area contributed by atoms with Crippen LogP contribution in [0.2, 0.25) is 0 Å². The Balaban J connectivity index is 1.80. The minimum Gasteiger partial charge on any atom is -0.379 e. The van der Waals surface area contributed by atoms with Crippen molar-refractivity contribution < 1.29 is 14.3 Å². The van der Waals surface area contributed by atoms with Crippen LogP contribution in [0.5, 0.6) is 0 Å². The molecule has 1 aromatic rings. The van der Waals surface area contributed by atoms with Crippen LogP contribution in [0.15, 0.2) is 35.9 Å². The quantitative estimate of drug-likeness (QED) is 0.724. The number of benzene rings is 1. The minimum absolute atomic E-state index is 0.0164. The van der Waals surface area contributed by atoms with Crippen molar-refractivity contribution in [1.82, 2.24) is 5.32 Å². The molecule has 0 spiro atoms. The average molecular weight is 360 g/mol. The Hall–Kier alpha value is -1.85. The summed E-state index contributed by atoms with van der Waals surface area (Å²) in [7, 11) is 4.04. The van der Waals surface area contributed by atoms with Crippen LogP contribution in [-0.4, -0.2) is 52.0 Å². The third kappa shape index (κ3) is 6.81. The summed E-state index contributed by atoms with van der Waals surface area (Å²) in [6, 6.07) is 8.25. The monoisotopic (exact) mass is 360 g/mol. The van der Waals surface area contributed by atoms with Crippen LogP contribution in [-0.2, 0) is 20.7 Å². The maximum absolute atomic E-state index is 12.3. The van der Waals surface area contributed by atoms with Crippen molar-refractivity contribution in [3.05, 3.63) is 41.5 Å². The Morgan fingerprint density at radius 1 is 1.31 bits per heavy atom. The molecule has 0 aliphatic carbocycles. The van der Waals surface area contributed by atoms with E-state index in [4.69, 9.17) is 9.47 Å².